The second-order valence-electron chi connectivity index (χ2n) is 5.72. The van der Waals surface area contributed by atoms with Crippen LogP contribution in [0.2, 0.25) is 0 Å². The number of hydrogen-bond acceptors (Lipinski definition) is 3. The van der Waals surface area contributed by atoms with Crippen molar-refractivity contribution in [2.75, 3.05) is 33.3 Å². The maximum Gasteiger partial charge on any atom is 0.0701 e. The maximum absolute atomic E-state index is 5.78. The zero-order chi connectivity index (χ0) is 11.4. The summed E-state index contributed by atoms with van der Waals surface area (Å²) >= 11 is 0. The van der Waals surface area contributed by atoms with Crippen molar-refractivity contribution in [2.24, 2.45) is 11.1 Å². The molecule has 0 bridgehead atoms. The molecule has 0 radical (unpaired) electrons. The highest BCUT2D eigenvalue weighted by atomic mass is 16.5. The molecule has 0 aromatic heterocycles. The fourth-order valence-electron chi connectivity index (χ4n) is 2.91. The number of likely N-dealkylation sites (N-methyl/N-ethyl adjacent to an activating group) is 1. The van der Waals surface area contributed by atoms with Gasteiger partial charge in [-0.15, -0.1) is 0 Å². The second-order valence-corrected chi connectivity index (χ2v) is 5.72. The Balaban J connectivity index is 1.69. The smallest absolute Gasteiger partial charge is 0.0701 e. The van der Waals surface area contributed by atoms with Gasteiger partial charge in [-0.2, -0.15) is 0 Å². The van der Waals surface area contributed by atoms with Crippen molar-refractivity contribution in [2.45, 2.75) is 44.6 Å². The monoisotopic (exact) mass is 226 g/mol. The zero-order valence-corrected chi connectivity index (χ0v) is 10.6. The summed E-state index contributed by atoms with van der Waals surface area (Å²) in [6.07, 6.45) is 8.26. The lowest BCUT2D eigenvalue weighted by Gasteiger charge is -2.29. The Morgan fingerprint density at radius 3 is 2.75 bits per heavy atom. The minimum atomic E-state index is 0.479. The third-order valence-electron chi connectivity index (χ3n) is 4.03. The van der Waals surface area contributed by atoms with Crippen molar-refractivity contribution < 1.29 is 4.74 Å². The van der Waals surface area contributed by atoms with Crippen molar-refractivity contribution in [3.63, 3.8) is 0 Å². The molecule has 2 rings (SSSR count). The normalized spacial score (nSPS) is 28.3. The average Bonchev–Trinajstić information content (AvgIpc) is 2.99. The Labute approximate surface area is 99.3 Å². The first kappa shape index (κ1) is 12.3. The van der Waals surface area contributed by atoms with Crippen LogP contribution in [0.5, 0.6) is 0 Å². The van der Waals surface area contributed by atoms with Gasteiger partial charge in [-0.25, -0.2) is 0 Å². The highest BCUT2D eigenvalue weighted by molar-refractivity contribution is 4.95. The van der Waals surface area contributed by atoms with Crippen LogP contribution in [-0.4, -0.2) is 44.3 Å². The van der Waals surface area contributed by atoms with Gasteiger partial charge in [0.1, 0.15) is 0 Å². The Morgan fingerprint density at radius 1 is 1.38 bits per heavy atom. The van der Waals surface area contributed by atoms with Gasteiger partial charge in [0.05, 0.1) is 6.10 Å². The van der Waals surface area contributed by atoms with Crippen molar-refractivity contribution in [3.05, 3.63) is 0 Å². The molecule has 1 saturated heterocycles. The topological polar surface area (TPSA) is 38.5 Å². The Kier molecular flexibility index (Phi) is 4.22. The lowest BCUT2D eigenvalue weighted by atomic mass is 10.0. The third kappa shape index (κ3) is 3.44. The van der Waals surface area contributed by atoms with E-state index < -0.39 is 0 Å². The molecule has 1 atom stereocenters. The Morgan fingerprint density at radius 2 is 2.19 bits per heavy atom. The number of ether oxygens (including phenoxy) is 1. The van der Waals surface area contributed by atoms with Crippen LogP contribution in [0.25, 0.3) is 0 Å². The van der Waals surface area contributed by atoms with E-state index in [1.54, 1.807) is 0 Å². The molecular weight excluding hydrogens is 200 g/mol. The summed E-state index contributed by atoms with van der Waals surface area (Å²) in [5.41, 5.74) is 6.24. The zero-order valence-electron chi connectivity index (χ0n) is 10.6. The van der Waals surface area contributed by atoms with Gasteiger partial charge in [-0.1, -0.05) is 0 Å². The van der Waals surface area contributed by atoms with Crippen LogP contribution < -0.4 is 5.73 Å². The molecule has 0 amide bonds. The average molecular weight is 226 g/mol. The number of rotatable bonds is 6. The quantitative estimate of drug-likeness (QED) is 0.748. The second kappa shape index (κ2) is 5.48. The SMILES string of the molecule is CN(CC1CCCCO1)CC1(CCN)CC1. The van der Waals surface area contributed by atoms with Gasteiger partial charge in [0.2, 0.25) is 0 Å². The van der Waals surface area contributed by atoms with E-state index in [2.05, 4.69) is 11.9 Å². The molecule has 94 valence electrons. The van der Waals surface area contributed by atoms with E-state index >= 15 is 0 Å². The first-order valence-corrected chi connectivity index (χ1v) is 6.74. The molecule has 3 heteroatoms. The number of nitrogens with two attached hydrogens (primary N) is 1. The van der Waals surface area contributed by atoms with Crippen LogP contribution in [0.15, 0.2) is 0 Å². The molecular formula is C13H26N2O. The van der Waals surface area contributed by atoms with Crippen molar-refractivity contribution in [1.82, 2.24) is 4.90 Å². The predicted octanol–water partition coefficient (Wildman–Crippen LogP) is 1.62. The summed E-state index contributed by atoms with van der Waals surface area (Å²) in [5.74, 6) is 0. The molecule has 1 heterocycles. The fraction of sp³-hybridized carbons (Fsp3) is 1.00. The summed E-state index contributed by atoms with van der Waals surface area (Å²) < 4.78 is 5.78. The summed E-state index contributed by atoms with van der Waals surface area (Å²) in [5, 5.41) is 0. The van der Waals surface area contributed by atoms with E-state index in [1.165, 1.54) is 45.1 Å². The maximum atomic E-state index is 5.78. The molecule has 1 unspecified atom stereocenters. The molecule has 1 aliphatic heterocycles. The minimum Gasteiger partial charge on any atom is -0.377 e. The highest BCUT2D eigenvalue weighted by Gasteiger charge is 2.42. The number of hydrogen-bond donors (Lipinski definition) is 1. The highest BCUT2D eigenvalue weighted by Crippen LogP contribution is 2.48. The van der Waals surface area contributed by atoms with Gasteiger partial charge in [-0.05, 0) is 57.5 Å². The predicted molar refractivity (Wildman–Crippen MR) is 66.4 cm³/mol. The molecule has 3 nitrogen and oxygen atoms in total. The molecule has 0 spiro atoms. The van der Waals surface area contributed by atoms with Crippen LogP contribution in [0.4, 0.5) is 0 Å². The standard InChI is InChI=1S/C13H26N2O/c1-15(10-12-4-2-3-9-16-12)11-13(5-6-13)7-8-14/h12H,2-11,14H2,1H3. The van der Waals surface area contributed by atoms with Gasteiger partial charge >= 0.3 is 0 Å². The van der Waals surface area contributed by atoms with Crippen LogP contribution in [-0.2, 0) is 4.74 Å². The van der Waals surface area contributed by atoms with E-state index in [0.29, 0.717) is 11.5 Å². The molecule has 2 N–H and O–H groups in total. The van der Waals surface area contributed by atoms with Crippen LogP contribution in [0.1, 0.15) is 38.5 Å². The lowest BCUT2D eigenvalue weighted by Crippen LogP contribution is -2.37. The van der Waals surface area contributed by atoms with Crippen molar-refractivity contribution >= 4 is 0 Å². The Hall–Kier alpha value is -0.120. The van der Waals surface area contributed by atoms with E-state index in [4.69, 9.17) is 10.5 Å². The van der Waals surface area contributed by atoms with E-state index in [0.717, 1.165) is 19.7 Å². The Bertz CT molecular complexity index is 210. The molecule has 1 aliphatic carbocycles. The molecule has 2 aliphatic rings. The van der Waals surface area contributed by atoms with E-state index in [1.807, 2.05) is 0 Å². The van der Waals surface area contributed by atoms with Crippen molar-refractivity contribution in [3.8, 4) is 0 Å². The minimum absolute atomic E-state index is 0.479. The van der Waals surface area contributed by atoms with Crippen molar-refractivity contribution in [1.29, 1.82) is 0 Å². The first-order chi connectivity index (χ1) is 7.74. The summed E-state index contributed by atoms with van der Waals surface area (Å²) in [6.45, 7) is 4.12. The molecule has 2 fully saturated rings. The first-order valence-electron chi connectivity index (χ1n) is 6.74. The number of nitrogens with zero attached hydrogens (tertiary/aromatic N) is 1. The summed E-state index contributed by atoms with van der Waals surface area (Å²) in [4.78, 5) is 2.46. The summed E-state index contributed by atoms with van der Waals surface area (Å²) in [6, 6.07) is 0. The summed E-state index contributed by atoms with van der Waals surface area (Å²) in [7, 11) is 2.23. The van der Waals surface area contributed by atoms with Gasteiger partial charge < -0.3 is 15.4 Å². The molecule has 16 heavy (non-hydrogen) atoms. The van der Waals surface area contributed by atoms with Crippen LogP contribution in [0, 0.1) is 5.41 Å². The molecule has 0 aromatic rings. The van der Waals surface area contributed by atoms with E-state index in [-0.39, 0.29) is 0 Å². The molecule has 1 saturated carbocycles. The van der Waals surface area contributed by atoms with Gasteiger partial charge in [0, 0.05) is 19.7 Å². The third-order valence-corrected chi connectivity index (χ3v) is 4.03. The molecule has 0 aromatic carbocycles. The lowest BCUT2D eigenvalue weighted by molar-refractivity contribution is -0.00426. The largest absolute Gasteiger partial charge is 0.377 e. The van der Waals surface area contributed by atoms with Gasteiger partial charge in [0.25, 0.3) is 0 Å². The van der Waals surface area contributed by atoms with E-state index in [9.17, 15) is 0 Å². The van der Waals surface area contributed by atoms with Crippen LogP contribution >= 0.6 is 0 Å². The van der Waals surface area contributed by atoms with Crippen LogP contribution in [0.3, 0.4) is 0 Å². The van der Waals surface area contributed by atoms with Gasteiger partial charge in [-0.3, -0.25) is 0 Å². The van der Waals surface area contributed by atoms with Gasteiger partial charge in [0.15, 0.2) is 0 Å². The fourth-order valence-corrected chi connectivity index (χ4v) is 2.91.